The molecule has 3 aliphatic rings. The monoisotopic (exact) mass is 741 g/mol. The number of ether oxygens (including phenoxy) is 2. The van der Waals surface area contributed by atoms with Crippen molar-refractivity contribution < 1.29 is 18.6 Å². The van der Waals surface area contributed by atoms with Crippen LogP contribution in [-0.4, -0.2) is 33.8 Å². The van der Waals surface area contributed by atoms with Crippen LogP contribution in [-0.2, 0) is 12.8 Å². The molecule has 9 rings (SSSR count). The second-order valence-corrected chi connectivity index (χ2v) is 19.0. The quantitative estimate of drug-likeness (QED) is 0.0709. The summed E-state index contributed by atoms with van der Waals surface area (Å²) in [5.74, 6) is 1.77. The molecule has 6 aromatic carbocycles. The highest BCUT2D eigenvalue weighted by molar-refractivity contribution is 7.95. The first kappa shape index (κ1) is 35.4. The Morgan fingerprint density at radius 1 is 0.509 bits per heavy atom. The van der Waals surface area contributed by atoms with Gasteiger partial charge in [-0.1, -0.05) is 98.6 Å². The van der Waals surface area contributed by atoms with Crippen LogP contribution in [0.25, 0.3) is 0 Å². The minimum absolute atomic E-state index is 0.880. The van der Waals surface area contributed by atoms with Crippen LogP contribution in [0.4, 0.5) is 11.4 Å². The van der Waals surface area contributed by atoms with E-state index < -0.39 is 13.3 Å². The predicted molar refractivity (Wildman–Crippen MR) is 229 cm³/mol. The molecule has 5 heteroatoms. The third-order valence-electron chi connectivity index (χ3n) is 11.6. The van der Waals surface area contributed by atoms with Crippen LogP contribution in [0.1, 0.15) is 72.4 Å². The van der Waals surface area contributed by atoms with Crippen molar-refractivity contribution in [3.63, 3.8) is 0 Å². The van der Waals surface area contributed by atoms with Gasteiger partial charge in [0, 0.05) is 12.1 Å². The maximum Gasteiger partial charge on any atom is 0.715 e. The molecule has 274 valence electrons. The number of benzene rings is 6. The Bertz CT molecular complexity index is 2330. The van der Waals surface area contributed by atoms with Crippen LogP contribution in [0.15, 0.2) is 140 Å². The minimum atomic E-state index is -1.85. The van der Waals surface area contributed by atoms with E-state index in [2.05, 4.69) is 182 Å². The first-order chi connectivity index (χ1) is 27.0. The molecule has 0 aliphatic carbocycles. The number of rotatable bonds is 12. The highest BCUT2D eigenvalue weighted by Crippen LogP contribution is 2.56. The van der Waals surface area contributed by atoms with Crippen molar-refractivity contribution in [3.05, 3.63) is 173 Å². The molecule has 0 bridgehead atoms. The molecule has 1 unspecified atom stereocenters. The molecule has 1 atom stereocenters. The Morgan fingerprint density at radius 3 is 1.36 bits per heavy atom. The van der Waals surface area contributed by atoms with Gasteiger partial charge < -0.3 is 9.47 Å². The van der Waals surface area contributed by atoms with Crippen LogP contribution in [0.2, 0.25) is 0 Å². The zero-order valence-corrected chi connectivity index (χ0v) is 33.1. The van der Waals surface area contributed by atoms with Gasteiger partial charge in [-0.2, -0.15) is 0 Å². The van der Waals surface area contributed by atoms with Crippen LogP contribution in [0.5, 0.6) is 11.5 Å². The lowest BCUT2D eigenvalue weighted by Gasteiger charge is -2.28. The first-order valence-electron chi connectivity index (χ1n) is 20.1. The van der Waals surface area contributed by atoms with E-state index in [1.165, 1.54) is 46.3 Å². The van der Waals surface area contributed by atoms with Gasteiger partial charge in [-0.3, -0.25) is 0 Å². The van der Waals surface area contributed by atoms with E-state index in [1.54, 1.807) is 0 Å². The predicted octanol–water partition coefficient (Wildman–Crippen LogP) is 10.3. The van der Waals surface area contributed by atoms with Gasteiger partial charge in [-0.25, -0.2) is 0 Å². The second kappa shape index (κ2) is 14.7. The summed E-state index contributed by atoms with van der Waals surface area (Å²) < 4.78 is 18.6. The lowest BCUT2D eigenvalue weighted by atomic mass is 10.00. The summed E-state index contributed by atoms with van der Waals surface area (Å²) in [4.78, 5) is 0. The van der Waals surface area contributed by atoms with Crippen LogP contribution < -0.4 is 25.4 Å². The normalized spacial score (nSPS) is 16.3. The van der Waals surface area contributed by atoms with Crippen LogP contribution in [0, 0.1) is 13.8 Å². The van der Waals surface area contributed by atoms with Gasteiger partial charge in [-0.05, 0) is 126 Å². The smallest absolute Gasteiger partial charge is 0.340 e. The number of nitrogens with zero attached hydrogens (tertiary/aromatic N) is 2. The number of aryl methyl sites for hydroxylation is 4. The number of hydrogen-bond donors (Lipinski definition) is 0. The van der Waals surface area contributed by atoms with Crippen molar-refractivity contribution in [3.8, 4) is 11.5 Å². The molecule has 0 radical (unpaired) electrons. The summed E-state index contributed by atoms with van der Waals surface area (Å²) in [5.41, 5.74) is 9.32. The van der Waals surface area contributed by atoms with Crippen molar-refractivity contribution in [1.29, 1.82) is 0 Å². The number of para-hydroxylation sites is 2. The van der Waals surface area contributed by atoms with Gasteiger partial charge >= 0.3 is 6.03 Å². The summed E-state index contributed by atoms with van der Waals surface area (Å²) in [5, 5.41) is 4.35. The Hall–Kier alpha value is -5.31. The van der Waals surface area contributed by atoms with E-state index in [0.717, 1.165) is 77.0 Å². The molecule has 4 nitrogen and oxygen atoms in total. The molecule has 0 aromatic heterocycles. The van der Waals surface area contributed by atoms with E-state index in [9.17, 15) is 0 Å². The second-order valence-electron chi connectivity index (χ2n) is 15.4. The Labute approximate surface area is 326 Å². The number of unbranched alkanes of at least 4 members (excludes halogenated alkanes) is 3. The summed E-state index contributed by atoms with van der Waals surface area (Å²) in [7, 11) is -1.85. The van der Waals surface area contributed by atoms with Gasteiger partial charge in [-0.15, -0.1) is 0 Å². The van der Waals surface area contributed by atoms with Crippen molar-refractivity contribution in [2.75, 3.05) is 6.16 Å². The lowest BCUT2D eigenvalue weighted by molar-refractivity contribution is -0.831. The highest BCUT2D eigenvalue weighted by atomic mass is 31.2. The molecule has 0 N–H and O–H groups in total. The van der Waals surface area contributed by atoms with Crippen molar-refractivity contribution in [2.24, 2.45) is 0 Å². The SMILES string of the molecule is CCCCCc1cc(C)c2c(c1)C=[N+]1c3ccccc3[N+]3=Cc4cc(CCCC[P+](c5ccccc5)(c5ccccc5)c5ccccc5)cc(C)c4OC13O2. The van der Waals surface area contributed by atoms with Gasteiger partial charge in [0.25, 0.3) is 11.4 Å². The minimum Gasteiger partial charge on any atom is -0.340 e. The summed E-state index contributed by atoms with van der Waals surface area (Å²) in [6.45, 7) is 6.60. The third-order valence-corrected chi connectivity index (χ3v) is 16.1. The van der Waals surface area contributed by atoms with Crippen molar-refractivity contribution >= 4 is 47.0 Å². The van der Waals surface area contributed by atoms with Crippen LogP contribution in [0.3, 0.4) is 0 Å². The molecule has 1 spiro atoms. The Kier molecular flexibility index (Phi) is 9.48. The lowest BCUT2D eigenvalue weighted by Crippen LogP contribution is -2.59. The molecule has 55 heavy (non-hydrogen) atoms. The number of hydrogen-bond acceptors (Lipinski definition) is 2. The van der Waals surface area contributed by atoms with Gasteiger partial charge in [0.1, 0.15) is 23.2 Å². The first-order valence-corrected chi connectivity index (χ1v) is 22.0. The standard InChI is InChI=1S/C50H50N2O2P/c1-4-5-9-20-39-31-37(2)48-41(33-39)35-51-46-28-16-17-29-47(46)52-36-42-34-40(32-38(3)49(42)54-50(51,52)53-48)21-18-19-30-55(43-22-10-6-11-23-43,44-24-12-7-13-25-44)45-26-14-8-15-27-45/h6-8,10-17,22-29,31-36H,4-5,9,18-21,30H2,1-3H3/q+3. The molecular weight excluding hydrogens is 692 g/mol. The molecule has 0 amide bonds. The van der Waals surface area contributed by atoms with E-state index in [-0.39, 0.29) is 0 Å². The van der Waals surface area contributed by atoms with E-state index in [4.69, 9.17) is 9.47 Å². The average Bonchev–Trinajstić information content (AvgIpc) is 3.49. The number of fused-ring (bicyclic) bond motifs is 5. The molecule has 0 saturated heterocycles. The molecular formula is C50H50N2O2P+3. The largest absolute Gasteiger partial charge is 0.715 e. The van der Waals surface area contributed by atoms with E-state index in [0.29, 0.717) is 0 Å². The average molecular weight is 742 g/mol. The summed E-state index contributed by atoms with van der Waals surface area (Å²) in [6.07, 6.45) is 13.6. The van der Waals surface area contributed by atoms with Gasteiger partial charge in [0.15, 0.2) is 23.9 Å². The fourth-order valence-electron chi connectivity index (χ4n) is 9.01. The van der Waals surface area contributed by atoms with Crippen molar-refractivity contribution in [2.45, 2.75) is 71.8 Å². The molecule has 3 heterocycles. The highest BCUT2D eigenvalue weighted by Gasteiger charge is 2.72. The summed E-state index contributed by atoms with van der Waals surface area (Å²) >= 11 is 0. The zero-order chi connectivity index (χ0) is 37.4. The molecule has 0 saturated carbocycles. The Morgan fingerprint density at radius 2 is 0.927 bits per heavy atom. The van der Waals surface area contributed by atoms with E-state index in [1.807, 2.05) is 0 Å². The molecule has 0 fully saturated rings. The van der Waals surface area contributed by atoms with Crippen LogP contribution >= 0.6 is 7.26 Å². The van der Waals surface area contributed by atoms with Gasteiger partial charge in [0.2, 0.25) is 0 Å². The van der Waals surface area contributed by atoms with Crippen molar-refractivity contribution in [1.82, 2.24) is 0 Å². The maximum atomic E-state index is 7.13. The topological polar surface area (TPSA) is 24.5 Å². The molecule has 6 aromatic rings. The Balaban J connectivity index is 1.01. The zero-order valence-electron chi connectivity index (χ0n) is 32.2. The van der Waals surface area contributed by atoms with E-state index >= 15 is 0 Å². The molecule has 3 aliphatic heterocycles. The maximum absolute atomic E-state index is 7.13. The fraction of sp³-hybridized carbons (Fsp3) is 0.240. The third kappa shape index (κ3) is 6.21. The van der Waals surface area contributed by atoms with Gasteiger partial charge in [0.05, 0.1) is 17.3 Å². The summed E-state index contributed by atoms with van der Waals surface area (Å²) in [6, 6.07) is 50.3. The fourth-order valence-corrected chi connectivity index (χ4v) is 13.4.